The molecule has 0 aromatic carbocycles. The van der Waals surface area contributed by atoms with Crippen molar-refractivity contribution in [2.75, 3.05) is 13.2 Å². The zero-order valence-corrected chi connectivity index (χ0v) is 6.71. The minimum Gasteiger partial charge on any atom is -0.396 e. The normalized spacial score (nSPS) is 41.7. The van der Waals surface area contributed by atoms with Crippen molar-refractivity contribution in [2.45, 2.75) is 26.4 Å². The average Bonchev–Trinajstić information content (AvgIpc) is 1.88. The molecule has 1 unspecified atom stereocenters. The standard InChI is InChI=1S/C8H16O2/c1-6-3-4-10-7(2)8(6)5-9/h6-9H,3-5H2,1-2H3/t6-,7-,8?/m0/s1. The second-order valence-corrected chi connectivity index (χ2v) is 3.19. The molecule has 1 heterocycles. The molecule has 0 aromatic rings. The smallest absolute Gasteiger partial charge is 0.0599 e. The third-order valence-corrected chi connectivity index (χ3v) is 2.50. The molecule has 0 spiro atoms. The summed E-state index contributed by atoms with van der Waals surface area (Å²) in [4.78, 5) is 0. The highest BCUT2D eigenvalue weighted by Gasteiger charge is 2.27. The van der Waals surface area contributed by atoms with Gasteiger partial charge in [-0.25, -0.2) is 0 Å². The van der Waals surface area contributed by atoms with E-state index in [1.54, 1.807) is 0 Å². The van der Waals surface area contributed by atoms with Crippen molar-refractivity contribution in [1.82, 2.24) is 0 Å². The average molecular weight is 144 g/mol. The van der Waals surface area contributed by atoms with Gasteiger partial charge in [-0.1, -0.05) is 6.92 Å². The minimum atomic E-state index is 0.244. The molecule has 1 fully saturated rings. The second-order valence-electron chi connectivity index (χ2n) is 3.19. The summed E-state index contributed by atoms with van der Waals surface area (Å²) in [5.41, 5.74) is 0. The Morgan fingerprint density at radius 3 is 2.60 bits per heavy atom. The molecule has 2 heteroatoms. The van der Waals surface area contributed by atoms with Gasteiger partial charge in [-0.15, -0.1) is 0 Å². The molecule has 0 amide bonds. The molecule has 60 valence electrons. The van der Waals surface area contributed by atoms with Crippen LogP contribution >= 0.6 is 0 Å². The lowest BCUT2D eigenvalue weighted by atomic mass is 9.86. The molecule has 1 aliphatic heterocycles. The Morgan fingerprint density at radius 2 is 2.20 bits per heavy atom. The summed E-state index contributed by atoms with van der Waals surface area (Å²) in [6.45, 7) is 5.34. The van der Waals surface area contributed by atoms with Crippen LogP contribution in [0.3, 0.4) is 0 Å². The van der Waals surface area contributed by atoms with E-state index in [0.717, 1.165) is 13.0 Å². The number of rotatable bonds is 1. The van der Waals surface area contributed by atoms with E-state index in [1.165, 1.54) is 0 Å². The van der Waals surface area contributed by atoms with Crippen LogP contribution in [0.5, 0.6) is 0 Å². The van der Waals surface area contributed by atoms with E-state index in [4.69, 9.17) is 9.84 Å². The third-order valence-electron chi connectivity index (χ3n) is 2.50. The van der Waals surface area contributed by atoms with Crippen molar-refractivity contribution in [3.8, 4) is 0 Å². The predicted octanol–water partition coefficient (Wildman–Crippen LogP) is 1.04. The third kappa shape index (κ3) is 1.50. The lowest BCUT2D eigenvalue weighted by Gasteiger charge is -2.33. The molecule has 0 radical (unpaired) electrons. The highest BCUT2D eigenvalue weighted by molar-refractivity contribution is 4.75. The first-order valence-electron chi connectivity index (χ1n) is 3.98. The van der Waals surface area contributed by atoms with Crippen LogP contribution in [-0.4, -0.2) is 24.4 Å². The Bertz CT molecular complexity index is 93.4. The van der Waals surface area contributed by atoms with Gasteiger partial charge in [0.25, 0.3) is 0 Å². The molecule has 1 rings (SSSR count). The molecule has 10 heavy (non-hydrogen) atoms. The molecular formula is C8H16O2. The SMILES string of the molecule is C[C@@H]1OCC[C@H](C)C1CO. The molecule has 1 N–H and O–H groups in total. The molecule has 1 aliphatic rings. The van der Waals surface area contributed by atoms with Crippen molar-refractivity contribution in [1.29, 1.82) is 0 Å². The summed E-state index contributed by atoms with van der Waals surface area (Å²) in [7, 11) is 0. The molecule has 3 atom stereocenters. The van der Waals surface area contributed by atoms with Gasteiger partial charge in [-0.2, -0.15) is 0 Å². The number of aliphatic hydroxyl groups excluding tert-OH is 1. The van der Waals surface area contributed by atoms with Crippen LogP contribution < -0.4 is 0 Å². The van der Waals surface area contributed by atoms with Gasteiger partial charge in [-0.05, 0) is 19.3 Å². The summed E-state index contributed by atoms with van der Waals surface area (Å²) < 4.78 is 5.39. The number of hydrogen-bond donors (Lipinski definition) is 1. The van der Waals surface area contributed by atoms with Crippen molar-refractivity contribution >= 4 is 0 Å². The fraction of sp³-hybridized carbons (Fsp3) is 1.00. The summed E-state index contributed by atoms with van der Waals surface area (Å²) in [6.07, 6.45) is 1.34. The fourth-order valence-electron chi connectivity index (χ4n) is 1.57. The van der Waals surface area contributed by atoms with Crippen molar-refractivity contribution in [2.24, 2.45) is 11.8 Å². The van der Waals surface area contributed by atoms with E-state index in [1.807, 2.05) is 6.92 Å². The van der Waals surface area contributed by atoms with Gasteiger partial charge in [0.2, 0.25) is 0 Å². The molecule has 0 aromatic heterocycles. The maximum atomic E-state index is 8.95. The first-order chi connectivity index (χ1) is 4.75. The van der Waals surface area contributed by atoms with E-state index >= 15 is 0 Å². The number of aliphatic hydroxyl groups is 1. The van der Waals surface area contributed by atoms with Gasteiger partial charge in [0, 0.05) is 19.1 Å². The van der Waals surface area contributed by atoms with Crippen LogP contribution in [0.15, 0.2) is 0 Å². The van der Waals surface area contributed by atoms with E-state index in [0.29, 0.717) is 11.8 Å². The predicted molar refractivity (Wildman–Crippen MR) is 39.8 cm³/mol. The Labute approximate surface area is 62.2 Å². The summed E-state index contributed by atoms with van der Waals surface area (Å²) in [5.74, 6) is 0.975. The zero-order valence-electron chi connectivity index (χ0n) is 6.71. The lowest BCUT2D eigenvalue weighted by molar-refractivity contribution is -0.0594. The van der Waals surface area contributed by atoms with Gasteiger partial charge in [0.15, 0.2) is 0 Å². The van der Waals surface area contributed by atoms with Crippen LogP contribution in [-0.2, 0) is 4.74 Å². The highest BCUT2D eigenvalue weighted by atomic mass is 16.5. The van der Waals surface area contributed by atoms with Crippen molar-refractivity contribution in [3.63, 3.8) is 0 Å². The van der Waals surface area contributed by atoms with Crippen LogP contribution in [0.25, 0.3) is 0 Å². The van der Waals surface area contributed by atoms with Crippen LogP contribution in [0.4, 0.5) is 0 Å². The monoisotopic (exact) mass is 144 g/mol. The highest BCUT2D eigenvalue weighted by Crippen LogP contribution is 2.25. The molecular weight excluding hydrogens is 128 g/mol. The van der Waals surface area contributed by atoms with Gasteiger partial charge < -0.3 is 9.84 Å². The molecule has 0 aliphatic carbocycles. The summed E-state index contributed by atoms with van der Waals surface area (Å²) in [6, 6.07) is 0. The second kappa shape index (κ2) is 3.35. The quantitative estimate of drug-likeness (QED) is 0.596. The van der Waals surface area contributed by atoms with Gasteiger partial charge in [0.1, 0.15) is 0 Å². The van der Waals surface area contributed by atoms with Gasteiger partial charge in [-0.3, -0.25) is 0 Å². The maximum absolute atomic E-state index is 8.95. The van der Waals surface area contributed by atoms with Crippen molar-refractivity contribution < 1.29 is 9.84 Å². The minimum absolute atomic E-state index is 0.244. The van der Waals surface area contributed by atoms with E-state index in [9.17, 15) is 0 Å². The lowest BCUT2D eigenvalue weighted by Crippen LogP contribution is -2.35. The molecule has 1 saturated heterocycles. The fourth-order valence-corrected chi connectivity index (χ4v) is 1.57. The number of hydrogen-bond acceptors (Lipinski definition) is 2. The Kier molecular flexibility index (Phi) is 2.69. The van der Waals surface area contributed by atoms with Crippen LogP contribution in [0.1, 0.15) is 20.3 Å². The first-order valence-corrected chi connectivity index (χ1v) is 3.98. The van der Waals surface area contributed by atoms with Crippen LogP contribution in [0.2, 0.25) is 0 Å². The van der Waals surface area contributed by atoms with Crippen LogP contribution in [0, 0.1) is 11.8 Å². The topological polar surface area (TPSA) is 29.5 Å². The van der Waals surface area contributed by atoms with E-state index in [-0.39, 0.29) is 12.7 Å². The molecule has 2 nitrogen and oxygen atoms in total. The number of ether oxygens (including phenoxy) is 1. The van der Waals surface area contributed by atoms with Gasteiger partial charge in [0.05, 0.1) is 6.10 Å². The summed E-state index contributed by atoms with van der Waals surface area (Å²) >= 11 is 0. The first kappa shape index (κ1) is 8.02. The van der Waals surface area contributed by atoms with Gasteiger partial charge >= 0.3 is 0 Å². The van der Waals surface area contributed by atoms with Crippen molar-refractivity contribution in [3.05, 3.63) is 0 Å². The zero-order chi connectivity index (χ0) is 7.56. The largest absolute Gasteiger partial charge is 0.396 e. The van der Waals surface area contributed by atoms with E-state index in [2.05, 4.69) is 6.92 Å². The molecule has 0 bridgehead atoms. The summed E-state index contributed by atoms with van der Waals surface area (Å²) in [5, 5.41) is 8.95. The Balaban J connectivity index is 2.45. The maximum Gasteiger partial charge on any atom is 0.0599 e. The molecule has 0 saturated carbocycles. The Hall–Kier alpha value is -0.0800. The van der Waals surface area contributed by atoms with E-state index < -0.39 is 0 Å². The Morgan fingerprint density at radius 1 is 1.50 bits per heavy atom.